The first-order valence-corrected chi connectivity index (χ1v) is 8.58. The van der Waals surface area contributed by atoms with Crippen LogP contribution in [0.4, 0.5) is 0 Å². The molecule has 2 aromatic rings. The number of piperidine rings is 1. The number of aromatic nitrogens is 1. The van der Waals surface area contributed by atoms with Crippen molar-refractivity contribution in [1.29, 1.82) is 0 Å². The van der Waals surface area contributed by atoms with Crippen LogP contribution >= 0.6 is 22.9 Å². The Morgan fingerprint density at radius 1 is 1.41 bits per heavy atom. The lowest BCUT2D eigenvalue weighted by Gasteiger charge is -2.23. The van der Waals surface area contributed by atoms with Crippen LogP contribution in [-0.2, 0) is 0 Å². The highest BCUT2D eigenvalue weighted by atomic mass is 35.5. The van der Waals surface area contributed by atoms with E-state index in [0.29, 0.717) is 9.90 Å². The van der Waals surface area contributed by atoms with Gasteiger partial charge in [0.2, 0.25) is 0 Å². The maximum Gasteiger partial charge on any atom is 0.263 e. The number of halogens is 1. The molecule has 1 aliphatic rings. The van der Waals surface area contributed by atoms with Crippen molar-refractivity contribution in [2.24, 2.45) is 0 Å². The Kier molecular flexibility index (Phi) is 4.76. The minimum atomic E-state index is -0.0242. The molecule has 116 valence electrons. The Morgan fingerprint density at radius 3 is 2.86 bits per heavy atom. The molecule has 0 radical (unpaired) electrons. The van der Waals surface area contributed by atoms with Gasteiger partial charge in [-0.05, 0) is 38.4 Å². The average Bonchev–Trinajstić information content (AvgIpc) is 2.91. The van der Waals surface area contributed by atoms with Crippen molar-refractivity contribution in [2.75, 3.05) is 13.1 Å². The molecule has 3 rings (SSSR count). The van der Waals surface area contributed by atoms with Crippen LogP contribution in [0.2, 0.25) is 5.02 Å². The van der Waals surface area contributed by atoms with Crippen molar-refractivity contribution in [3.8, 4) is 10.6 Å². The van der Waals surface area contributed by atoms with Crippen molar-refractivity contribution >= 4 is 28.8 Å². The lowest BCUT2D eigenvalue weighted by atomic mass is 10.1. The van der Waals surface area contributed by atoms with E-state index in [1.807, 2.05) is 31.2 Å². The summed E-state index contributed by atoms with van der Waals surface area (Å²) in [6.45, 7) is 3.75. The topological polar surface area (TPSA) is 54.0 Å². The van der Waals surface area contributed by atoms with E-state index in [1.54, 1.807) is 0 Å². The molecule has 0 aliphatic carbocycles. The Labute approximate surface area is 138 Å². The maximum absolute atomic E-state index is 12.4. The van der Waals surface area contributed by atoms with Gasteiger partial charge in [-0.3, -0.25) is 4.79 Å². The summed E-state index contributed by atoms with van der Waals surface area (Å²) in [6.07, 6.45) is 2.13. The first kappa shape index (κ1) is 15.5. The molecule has 2 N–H and O–H groups in total. The van der Waals surface area contributed by atoms with Gasteiger partial charge in [0.1, 0.15) is 9.88 Å². The van der Waals surface area contributed by atoms with Crippen LogP contribution in [0.15, 0.2) is 24.3 Å². The zero-order chi connectivity index (χ0) is 15.5. The van der Waals surface area contributed by atoms with E-state index in [-0.39, 0.29) is 11.9 Å². The highest BCUT2D eigenvalue weighted by molar-refractivity contribution is 7.17. The SMILES string of the molecule is Cc1nc(-c2ccc(Cl)cc2)sc1C(=O)NC1CCCNC1. The summed E-state index contributed by atoms with van der Waals surface area (Å²) in [5.74, 6) is -0.0242. The first-order chi connectivity index (χ1) is 10.6. The zero-order valence-electron chi connectivity index (χ0n) is 12.4. The lowest BCUT2D eigenvalue weighted by Crippen LogP contribution is -2.45. The third-order valence-corrected chi connectivity index (χ3v) is 5.18. The molecule has 0 bridgehead atoms. The number of benzene rings is 1. The van der Waals surface area contributed by atoms with E-state index in [4.69, 9.17) is 11.6 Å². The molecular weight excluding hydrogens is 318 g/mol. The van der Waals surface area contributed by atoms with Gasteiger partial charge in [0, 0.05) is 23.2 Å². The second-order valence-corrected chi connectivity index (χ2v) is 6.89. The second-order valence-electron chi connectivity index (χ2n) is 5.46. The molecule has 6 heteroatoms. The van der Waals surface area contributed by atoms with Gasteiger partial charge in [-0.15, -0.1) is 11.3 Å². The number of hydrogen-bond donors (Lipinski definition) is 2. The Bertz CT molecular complexity index is 663. The van der Waals surface area contributed by atoms with Gasteiger partial charge in [-0.1, -0.05) is 23.7 Å². The van der Waals surface area contributed by atoms with Crippen LogP contribution in [0.25, 0.3) is 10.6 Å². The Morgan fingerprint density at radius 2 is 2.18 bits per heavy atom. The fourth-order valence-corrected chi connectivity index (χ4v) is 3.65. The summed E-state index contributed by atoms with van der Waals surface area (Å²) in [7, 11) is 0. The fraction of sp³-hybridized carbons (Fsp3) is 0.375. The Hall–Kier alpha value is -1.43. The smallest absolute Gasteiger partial charge is 0.263 e. The monoisotopic (exact) mass is 335 g/mol. The number of aryl methyl sites for hydroxylation is 1. The number of nitrogens with one attached hydrogen (secondary N) is 2. The van der Waals surface area contributed by atoms with E-state index >= 15 is 0 Å². The molecule has 0 spiro atoms. The average molecular weight is 336 g/mol. The molecule has 1 unspecified atom stereocenters. The van der Waals surface area contributed by atoms with E-state index < -0.39 is 0 Å². The van der Waals surface area contributed by atoms with Gasteiger partial charge in [-0.2, -0.15) is 0 Å². The lowest BCUT2D eigenvalue weighted by molar-refractivity contribution is 0.0934. The van der Waals surface area contributed by atoms with Gasteiger partial charge >= 0.3 is 0 Å². The summed E-state index contributed by atoms with van der Waals surface area (Å²) in [5.41, 5.74) is 1.76. The second kappa shape index (κ2) is 6.77. The third kappa shape index (κ3) is 3.48. The van der Waals surface area contributed by atoms with E-state index in [0.717, 1.165) is 42.2 Å². The van der Waals surface area contributed by atoms with Crippen LogP contribution in [0.3, 0.4) is 0 Å². The van der Waals surface area contributed by atoms with Crippen molar-refractivity contribution in [1.82, 2.24) is 15.6 Å². The molecule has 1 fully saturated rings. The van der Waals surface area contributed by atoms with Gasteiger partial charge in [0.25, 0.3) is 5.91 Å². The molecule has 2 heterocycles. The molecule has 1 amide bonds. The quantitative estimate of drug-likeness (QED) is 0.905. The maximum atomic E-state index is 12.4. The largest absolute Gasteiger partial charge is 0.347 e. The number of rotatable bonds is 3. The van der Waals surface area contributed by atoms with Crippen LogP contribution in [0.1, 0.15) is 28.2 Å². The summed E-state index contributed by atoms with van der Waals surface area (Å²) in [4.78, 5) is 17.7. The first-order valence-electron chi connectivity index (χ1n) is 7.38. The van der Waals surface area contributed by atoms with Crippen LogP contribution in [-0.4, -0.2) is 30.0 Å². The van der Waals surface area contributed by atoms with Crippen molar-refractivity contribution in [3.05, 3.63) is 39.9 Å². The van der Waals surface area contributed by atoms with Gasteiger partial charge in [0.05, 0.1) is 5.69 Å². The standard InChI is InChI=1S/C16H18ClN3OS/c1-10-14(15(21)20-13-3-2-8-18-9-13)22-16(19-10)11-4-6-12(17)7-5-11/h4-7,13,18H,2-3,8-9H2,1H3,(H,20,21). The molecule has 4 nitrogen and oxygen atoms in total. The summed E-state index contributed by atoms with van der Waals surface area (Å²) < 4.78 is 0. The molecule has 1 saturated heterocycles. The third-order valence-electron chi connectivity index (χ3n) is 3.73. The normalized spacial score (nSPS) is 18.2. The molecule has 1 aromatic heterocycles. The molecule has 1 aliphatic heterocycles. The Balaban J connectivity index is 1.76. The predicted octanol–water partition coefficient (Wildman–Crippen LogP) is 3.25. The van der Waals surface area contributed by atoms with E-state index in [2.05, 4.69) is 15.6 Å². The zero-order valence-corrected chi connectivity index (χ0v) is 13.9. The number of carbonyl (C=O) groups excluding carboxylic acids is 1. The van der Waals surface area contributed by atoms with Crippen molar-refractivity contribution < 1.29 is 4.79 Å². The minimum Gasteiger partial charge on any atom is -0.347 e. The minimum absolute atomic E-state index is 0.0242. The fourth-order valence-electron chi connectivity index (χ4n) is 2.55. The van der Waals surface area contributed by atoms with Crippen LogP contribution in [0.5, 0.6) is 0 Å². The van der Waals surface area contributed by atoms with Gasteiger partial charge < -0.3 is 10.6 Å². The molecular formula is C16H18ClN3OS. The summed E-state index contributed by atoms with van der Waals surface area (Å²) >= 11 is 7.34. The molecule has 22 heavy (non-hydrogen) atoms. The van der Waals surface area contributed by atoms with Crippen molar-refractivity contribution in [2.45, 2.75) is 25.8 Å². The van der Waals surface area contributed by atoms with Gasteiger partial charge in [0.15, 0.2) is 0 Å². The number of thiazole rings is 1. The number of hydrogen-bond acceptors (Lipinski definition) is 4. The predicted molar refractivity (Wildman–Crippen MR) is 90.7 cm³/mol. The van der Waals surface area contributed by atoms with E-state index in [9.17, 15) is 4.79 Å². The molecule has 1 atom stereocenters. The van der Waals surface area contributed by atoms with Crippen LogP contribution in [0, 0.1) is 6.92 Å². The van der Waals surface area contributed by atoms with Crippen LogP contribution < -0.4 is 10.6 Å². The van der Waals surface area contributed by atoms with E-state index in [1.165, 1.54) is 11.3 Å². The molecule has 1 aromatic carbocycles. The number of nitrogens with zero attached hydrogens (tertiary/aromatic N) is 1. The van der Waals surface area contributed by atoms with Crippen molar-refractivity contribution in [3.63, 3.8) is 0 Å². The highest BCUT2D eigenvalue weighted by Crippen LogP contribution is 2.28. The highest BCUT2D eigenvalue weighted by Gasteiger charge is 2.20. The number of carbonyl (C=O) groups is 1. The molecule has 0 saturated carbocycles. The number of amides is 1. The summed E-state index contributed by atoms with van der Waals surface area (Å²) in [6, 6.07) is 7.73. The van der Waals surface area contributed by atoms with Gasteiger partial charge in [-0.25, -0.2) is 4.98 Å². The summed E-state index contributed by atoms with van der Waals surface area (Å²) in [5, 5.41) is 7.94.